The van der Waals surface area contributed by atoms with E-state index in [-0.39, 0.29) is 5.25 Å². The van der Waals surface area contributed by atoms with E-state index in [2.05, 4.69) is 12.2 Å². The molecule has 0 radical (unpaired) electrons. The third-order valence-corrected chi connectivity index (χ3v) is 6.64. The van der Waals surface area contributed by atoms with E-state index in [1.165, 1.54) is 19.3 Å². The van der Waals surface area contributed by atoms with E-state index < -0.39 is 9.84 Å². The molecule has 1 aliphatic rings. The number of hydrogen-bond acceptors (Lipinski definition) is 3. The molecule has 0 spiro atoms. The van der Waals surface area contributed by atoms with Crippen LogP contribution in [-0.4, -0.2) is 32.0 Å². The van der Waals surface area contributed by atoms with Gasteiger partial charge in [-0.25, -0.2) is 8.42 Å². The van der Waals surface area contributed by atoms with Gasteiger partial charge in [0.2, 0.25) is 0 Å². The molecular weight excluding hydrogens is 246 g/mol. The van der Waals surface area contributed by atoms with Gasteiger partial charge in [-0.2, -0.15) is 0 Å². The summed E-state index contributed by atoms with van der Waals surface area (Å²) in [7, 11) is -2.87. The highest BCUT2D eigenvalue weighted by Crippen LogP contribution is 2.29. The van der Waals surface area contributed by atoms with Crippen LogP contribution in [0, 0.1) is 5.92 Å². The lowest BCUT2D eigenvalue weighted by Gasteiger charge is -2.21. The first-order valence-corrected chi connectivity index (χ1v) is 9.17. The highest BCUT2D eigenvalue weighted by atomic mass is 32.2. The Morgan fingerprint density at radius 3 is 2.61 bits per heavy atom. The van der Waals surface area contributed by atoms with Crippen molar-refractivity contribution in [1.82, 2.24) is 5.32 Å². The predicted molar refractivity (Wildman–Crippen MR) is 77.6 cm³/mol. The van der Waals surface area contributed by atoms with Gasteiger partial charge >= 0.3 is 0 Å². The summed E-state index contributed by atoms with van der Waals surface area (Å²) >= 11 is 0. The Kier molecular flexibility index (Phi) is 6.64. The van der Waals surface area contributed by atoms with Gasteiger partial charge in [-0.3, -0.25) is 0 Å². The number of rotatable bonds is 8. The summed E-state index contributed by atoms with van der Waals surface area (Å²) in [6.07, 6.45) is 6.37. The van der Waals surface area contributed by atoms with Crippen molar-refractivity contribution in [3.63, 3.8) is 0 Å². The maximum absolute atomic E-state index is 12.0. The third kappa shape index (κ3) is 4.54. The molecule has 1 saturated carbocycles. The molecule has 3 nitrogen and oxygen atoms in total. The first-order valence-electron chi connectivity index (χ1n) is 7.46. The summed E-state index contributed by atoms with van der Waals surface area (Å²) in [5.74, 6) is 0.937. The average Bonchev–Trinajstić information content (AvgIpc) is 2.80. The van der Waals surface area contributed by atoms with Gasteiger partial charge < -0.3 is 5.32 Å². The first-order chi connectivity index (χ1) is 8.51. The molecule has 3 atom stereocenters. The Morgan fingerprint density at radius 1 is 1.28 bits per heavy atom. The van der Waals surface area contributed by atoms with Gasteiger partial charge in [-0.1, -0.05) is 20.3 Å². The van der Waals surface area contributed by atoms with E-state index in [4.69, 9.17) is 0 Å². The molecule has 0 aromatic rings. The van der Waals surface area contributed by atoms with Gasteiger partial charge in [-0.05, 0) is 51.5 Å². The molecule has 0 heterocycles. The molecule has 0 aromatic heterocycles. The van der Waals surface area contributed by atoms with Gasteiger partial charge in [0, 0.05) is 6.04 Å². The summed E-state index contributed by atoms with van der Waals surface area (Å²) in [5.41, 5.74) is 0. The maximum Gasteiger partial charge on any atom is 0.152 e. The predicted octanol–water partition coefficient (Wildman–Crippen LogP) is 2.76. The fourth-order valence-corrected chi connectivity index (χ4v) is 4.29. The summed E-state index contributed by atoms with van der Waals surface area (Å²) in [4.78, 5) is 0. The quantitative estimate of drug-likeness (QED) is 0.741. The highest BCUT2D eigenvalue weighted by Gasteiger charge is 2.29. The average molecular weight is 275 g/mol. The second-order valence-corrected chi connectivity index (χ2v) is 8.16. The maximum atomic E-state index is 12.0. The minimum Gasteiger partial charge on any atom is -0.314 e. The van der Waals surface area contributed by atoms with Crippen molar-refractivity contribution < 1.29 is 8.42 Å². The number of hydrogen-bond donors (Lipinski definition) is 1. The van der Waals surface area contributed by atoms with E-state index in [9.17, 15) is 8.42 Å². The first kappa shape index (κ1) is 16.0. The third-order valence-electron chi connectivity index (χ3n) is 4.28. The molecule has 1 N–H and O–H groups in total. The molecule has 0 saturated heterocycles. The van der Waals surface area contributed by atoms with E-state index in [1.807, 2.05) is 13.8 Å². The van der Waals surface area contributed by atoms with Crippen LogP contribution in [0.5, 0.6) is 0 Å². The summed E-state index contributed by atoms with van der Waals surface area (Å²) in [6.45, 7) is 7.00. The van der Waals surface area contributed by atoms with E-state index in [1.54, 1.807) is 0 Å². The van der Waals surface area contributed by atoms with Crippen LogP contribution in [0.1, 0.15) is 59.3 Å². The Morgan fingerprint density at radius 2 is 2.00 bits per heavy atom. The molecule has 0 bridgehead atoms. The van der Waals surface area contributed by atoms with Crippen LogP contribution in [0.4, 0.5) is 0 Å². The van der Waals surface area contributed by atoms with Crippen LogP contribution in [0.25, 0.3) is 0 Å². The smallest absolute Gasteiger partial charge is 0.152 e. The lowest BCUT2D eigenvalue weighted by Crippen LogP contribution is -2.34. The van der Waals surface area contributed by atoms with Gasteiger partial charge in [-0.15, -0.1) is 0 Å². The molecule has 4 heteroatoms. The topological polar surface area (TPSA) is 46.2 Å². The van der Waals surface area contributed by atoms with Crippen molar-refractivity contribution in [3.05, 3.63) is 0 Å². The Hall–Kier alpha value is -0.0900. The second kappa shape index (κ2) is 7.49. The molecular formula is C14H29NO2S. The van der Waals surface area contributed by atoms with Crippen LogP contribution in [0.3, 0.4) is 0 Å². The van der Waals surface area contributed by atoms with Crippen molar-refractivity contribution in [2.45, 2.75) is 70.6 Å². The van der Waals surface area contributed by atoms with E-state index in [0.29, 0.717) is 17.7 Å². The lowest BCUT2D eigenvalue weighted by molar-refractivity contribution is 0.391. The SMILES string of the molecule is CCCNC1CCCC1CCS(=O)(=O)C(C)CC. The van der Waals surface area contributed by atoms with Crippen LogP contribution in [-0.2, 0) is 9.84 Å². The molecule has 0 amide bonds. The molecule has 18 heavy (non-hydrogen) atoms. The van der Waals surface area contributed by atoms with E-state index >= 15 is 0 Å². The molecule has 0 aromatic carbocycles. The number of sulfone groups is 1. The Balaban J connectivity index is 2.42. The molecule has 108 valence electrons. The molecule has 3 unspecified atom stereocenters. The Labute approximate surface area is 113 Å². The molecule has 1 rings (SSSR count). The van der Waals surface area contributed by atoms with Gasteiger partial charge in [0.25, 0.3) is 0 Å². The standard InChI is InChI=1S/C14H29NO2S/c1-4-10-15-14-8-6-7-13(14)9-11-18(16,17)12(3)5-2/h12-15H,4-11H2,1-3H3. The van der Waals surface area contributed by atoms with Crippen LogP contribution in [0.2, 0.25) is 0 Å². The normalized spacial score (nSPS) is 26.4. The zero-order valence-electron chi connectivity index (χ0n) is 12.1. The number of nitrogens with one attached hydrogen (secondary N) is 1. The van der Waals surface area contributed by atoms with Crippen molar-refractivity contribution in [2.75, 3.05) is 12.3 Å². The fourth-order valence-electron chi connectivity index (χ4n) is 2.75. The van der Waals surface area contributed by atoms with Crippen molar-refractivity contribution >= 4 is 9.84 Å². The molecule has 0 aliphatic heterocycles. The minimum atomic E-state index is -2.87. The van der Waals surface area contributed by atoms with Crippen LogP contribution < -0.4 is 5.32 Å². The monoisotopic (exact) mass is 275 g/mol. The van der Waals surface area contributed by atoms with E-state index in [0.717, 1.165) is 25.8 Å². The lowest BCUT2D eigenvalue weighted by atomic mass is 10.0. The summed E-state index contributed by atoms with van der Waals surface area (Å²) in [5, 5.41) is 3.39. The van der Waals surface area contributed by atoms with Crippen LogP contribution in [0.15, 0.2) is 0 Å². The van der Waals surface area contributed by atoms with Gasteiger partial charge in [0.1, 0.15) is 0 Å². The molecule has 1 aliphatic carbocycles. The summed E-state index contributed by atoms with van der Waals surface area (Å²) in [6, 6.07) is 0.553. The fraction of sp³-hybridized carbons (Fsp3) is 1.00. The zero-order valence-corrected chi connectivity index (χ0v) is 12.9. The van der Waals surface area contributed by atoms with Crippen molar-refractivity contribution in [2.24, 2.45) is 5.92 Å². The van der Waals surface area contributed by atoms with Gasteiger partial charge in [0.05, 0.1) is 11.0 Å². The largest absolute Gasteiger partial charge is 0.314 e. The second-order valence-electron chi connectivity index (χ2n) is 5.63. The highest BCUT2D eigenvalue weighted by molar-refractivity contribution is 7.91. The van der Waals surface area contributed by atoms with Crippen molar-refractivity contribution in [1.29, 1.82) is 0 Å². The van der Waals surface area contributed by atoms with Crippen molar-refractivity contribution in [3.8, 4) is 0 Å². The van der Waals surface area contributed by atoms with Gasteiger partial charge in [0.15, 0.2) is 9.84 Å². The zero-order chi connectivity index (χ0) is 13.6. The molecule has 1 fully saturated rings. The van der Waals surface area contributed by atoms with Crippen LogP contribution >= 0.6 is 0 Å². The summed E-state index contributed by atoms with van der Waals surface area (Å²) < 4.78 is 24.0. The Bertz CT molecular complexity index is 327. The minimum absolute atomic E-state index is 0.180.